The molecule has 0 aliphatic carbocycles. The maximum Gasteiger partial charge on any atom is 0.259 e. The SMILES string of the molecule is Cc1cc(-c2cc(C(=O)N3c4ccccc4CC3C)c3cnn(C(C)C)c3n2)c(C)s1. The molecule has 5 rings (SSSR count). The Bertz CT molecular complexity index is 1320. The molecule has 158 valence electrons. The third-order valence-corrected chi connectivity index (χ3v) is 7.00. The Morgan fingerprint density at radius 2 is 1.97 bits per heavy atom. The lowest BCUT2D eigenvalue weighted by atomic mass is 10.1. The van der Waals surface area contributed by atoms with Crippen LogP contribution in [0.15, 0.2) is 42.6 Å². The predicted octanol–water partition coefficient (Wildman–Crippen LogP) is 5.95. The highest BCUT2D eigenvalue weighted by atomic mass is 32.1. The molecule has 1 unspecified atom stereocenters. The first-order chi connectivity index (χ1) is 14.8. The molecule has 4 heterocycles. The second-order valence-corrected chi connectivity index (χ2v) is 10.1. The Morgan fingerprint density at radius 3 is 2.68 bits per heavy atom. The molecule has 0 fully saturated rings. The number of aromatic nitrogens is 3. The van der Waals surface area contributed by atoms with Crippen molar-refractivity contribution < 1.29 is 4.79 Å². The molecule has 4 aromatic rings. The van der Waals surface area contributed by atoms with Crippen molar-refractivity contribution in [2.45, 2.75) is 53.1 Å². The number of carbonyl (C=O) groups excluding carboxylic acids is 1. The van der Waals surface area contributed by atoms with Crippen molar-refractivity contribution in [1.29, 1.82) is 0 Å². The van der Waals surface area contributed by atoms with Crippen molar-refractivity contribution in [3.8, 4) is 11.3 Å². The van der Waals surface area contributed by atoms with Crippen LogP contribution < -0.4 is 4.90 Å². The summed E-state index contributed by atoms with van der Waals surface area (Å²) in [6.07, 6.45) is 2.66. The summed E-state index contributed by atoms with van der Waals surface area (Å²) < 4.78 is 1.91. The molecule has 6 heteroatoms. The molecule has 0 saturated heterocycles. The quantitative estimate of drug-likeness (QED) is 0.404. The topological polar surface area (TPSA) is 51.0 Å². The van der Waals surface area contributed by atoms with Gasteiger partial charge in [-0.2, -0.15) is 5.10 Å². The predicted molar refractivity (Wildman–Crippen MR) is 127 cm³/mol. The number of hydrogen-bond donors (Lipinski definition) is 0. The average Bonchev–Trinajstić information content (AvgIpc) is 3.40. The largest absolute Gasteiger partial charge is 0.305 e. The highest BCUT2D eigenvalue weighted by Gasteiger charge is 2.33. The monoisotopic (exact) mass is 430 g/mol. The van der Waals surface area contributed by atoms with Gasteiger partial charge in [-0.3, -0.25) is 4.79 Å². The molecule has 0 radical (unpaired) electrons. The van der Waals surface area contributed by atoms with Gasteiger partial charge in [-0.15, -0.1) is 11.3 Å². The number of rotatable bonds is 3. The molecule has 31 heavy (non-hydrogen) atoms. The minimum Gasteiger partial charge on any atom is -0.305 e. The van der Waals surface area contributed by atoms with Crippen molar-refractivity contribution in [3.63, 3.8) is 0 Å². The minimum absolute atomic E-state index is 0.0130. The molecule has 5 nitrogen and oxygen atoms in total. The van der Waals surface area contributed by atoms with E-state index < -0.39 is 0 Å². The van der Waals surface area contributed by atoms with E-state index in [1.165, 1.54) is 15.3 Å². The summed E-state index contributed by atoms with van der Waals surface area (Å²) in [5, 5.41) is 5.39. The van der Waals surface area contributed by atoms with E-state index in [1.54, 1.807) is 17.5 Å². The van der Waals surface area contributed by atoms with Crippen LogP contribution in [0.2, 0.25) is 0 Å². The zero-order chi connectivity index (χ0) is 21.9. The van der Waals surface area contributed by atoms with E-state index in [9.17, 15) is 4.79 Å². The smallest absolute Gasteiger partial charge is 0.259 e. The molecule has 0 N–H and O–H groups in total. The van der Waals surface area contributed by atoms with E-state index in [1.807, 2.05) is 33.8 Å². The van der Waals surface area contributed by atoms with Crippen molar-refractivity contribution in [3.05, 3.63) is 63.5 Å². The number of benzene rings is 1. The fourth-order valence-electron chi connectivity index (χ4n) is 4.60. The number of carbonyl (C=O) groups is 1. The molecule has 0 saturated carbocycles. The number of amides is 1. The van der Waals surface area contributed by atoms with E-state index in [4.69, 9.17) is 4.98 Å². The Balaban J connectivity index is 1.73. The molecule has 1 aliphatic rings. The number of thiophene rings is 1. The van der Waals surface area contributed by atoms with Crippen LogP contribution in [0.4, 0.5) is 5.69 Å². The fourth-order valence-corrected chi connectivity index (χ4v) is 5.53. The molecule has 0 spiro atoms. The number of hydrogen-bond acceptors (Lipinski definition) is 4. The third kappa shape index (κ3) is 3.17. The fraction of sp³-hybridized carbons (Fsp3) is 0.320. The average molecular weight is 431 g/mol. The number of nitrogens with zero attached hydrogens (tertiary/aromatic N) is 4. The van der Waals surface area contributed by atoms with Crippen molar-refractivity contribution in [1.82, 2.24) is 14.8 Å². The second kappa shape index (κ2) is 7.31. The summed E-state index contributed by atoms with van der Waals surface area (Å²) in [5.41, 5.74) is 5.57. The molecule has 1 amide bonds. The first-order valence-corrected chi connectivity index (χ1v) is 11.5. The normalized spacial score (nSPS) is 15.8. The van der Waals surface area contributed by atoms with E-state index in [0.717, 1.165) is 34.4 Å². The van der Waals surface area contributed by atoms with Crippen LogP contribution in [0.1, 0.15) is 52.5 Å². The standard InChI is InChI=1S/C25H26N4OS/c1-14(2)29-24-21(13-26-29)20(12-22(27-24)19-11-16(4)31-17(19)5)25(30)28-15(3)10-18-8-6-7-9-23(18)28/h6-9,11-15H,10H2,1-5H3. The number of para-hydroxylation sites is 1. The number of anilines is 1. The zero-order valence-electron chi connectivity index (χ0n) is 18.5. The molecule has 0 bridgehead atoms. The zero-order valence-corrected chi connectivity index (χ0v) is 19.3. The van der Waals surface area contributed by atoms with E-state index in [2.05, 4.69) is 51.9 Å². The molecule has 3 aromatic heterocycles. The van der Waals surface area contributed by atoms with Gasteiger partial charge in [0.15, 0.2) is 5.65 Å². The van der Waals surface area contributed by atoms with Gasteiger partial charge in [0, 0.05) is 33.1 Å². The maximum absolute atomic E-state index is 14.0. The van der Waals surface area contributed by atoms with Gasteiger partial charge >= 0.3 is 0 Å². The van der Waals surface area contributed by atoms with Gasteiger partial charge in [0.05, 0.1) is 22.8 Å². The Labute approximate surface area is 186 Å². The highest BCUT2D eigenvalue weighted by Crippen LogP contribution is 2.36. The van der Waals surface area contributed by atoms with Crippen LogP contribution in [-0.4, -0.2) is 26.7 Å². The third-order valence-electron chi connectivity index (χ3n) is 6.03. The van der Waals surface area contributed by atoms with Gasteiger partial charge in [-0.05, 0) is 64.8 Å². The molecule has 1 aliphatic heterocycles. The number of fused-ring (bicyclic) bond motifs is 2. The molecule has 1 aromatic carbocycles. The summed E-state index contributed by atoms with van der Waals surface area (Å²) in [6.45, 7) is 10.5. The van der Waals surface area contributed by atoms with Gasteiger partial charge in [-0.25, -0.2) is 9.67 Å². The first kappa shape index (κ1) is 19.9. The van der Waals surface area contributed by atoms with Crippen molar-refractivity contribution >= 4 is 34.0 Å². The van der Waals surface area contributed by atoms with Gasteiger partial charge in [-0.1, -0.05) is 18.2 Å². The summed E-state index contributed by atoms with van der Waals surface area (Å²) in [4.78, 5) is 23.3. The van der Waals surface area contributed by atoms with Gasteiger partial charge < -0.3 is 4.90 Å². The Kier molecular flexibility index (Phi) is 4.70. The van der Waals surface area contributed by atoms with E-state index in [-0.39, 0.29) is 18.0 Å². The summed E-state index contributed by atoms with van der Waals surface area (Å²) in [7, 11) is 0. The van der Waals surface area contributed by atoms with Gasteiger partial charge in [0.1, 0.15) is 0 Å². The number of aryl methyl sites for hydroxylation is 2. The molecule has 1 atom stereocenters. The van der Waals surface area contributed by atoms with Crippen LogP contribution in [0.25, 0.3) is 22.3 Å². The lowest BCUT2D eigenvalue weighted by molar-refractivity contribution is 0.0983. The van der Waals surface area contributed by atoms with Crippen LogP contribution in [0.3, 0.4) is 0 Å². The Morgan fingerprint density at radius 1 is 1.19 bits per heavy atom. The van der Waals surface area contributed by atoms with Crippen LogP contribution in [0.5, 0.6) is 0 Å². The van der Waals surface area contributed by atoms with Gasteiger partial charge in [0.25, 0.3) is 5.91 Å². The molecular formula is C25H26N4OS. The highest BCUT2D eigenvalue weighted by molar-refractivity contribution is 7.12. The maximum atomic E-state index is 14.0. The lowest BCUT2D eigenvalue weighted by Crippen LogP contribution is -2.35. The van der Waals surface area contributed by atoms with Gasteiger partial charge in [0.2, 0.25) is 0 Å². The number of pyridine rings is 1. The van der Waals surface area contributed by atoms with Crippen LogP contribution in [0, 0.1) is 13.8 Å². The second-order valence-electron chi connectivity index (χ2n) is 8.66. The Hall–Kier alpha value is -2.99. The van der Waals surface area contributed by atoms with E-state index in [0.29, 0.717) is 5.56 Å². The van der Waals surface area contributed by atoms with Crippen molar-refractivity contribution in [2.24, 2.45) is 0 Å². The first-order valence-electron chi connectivity index (χ1n) is 10.7. The van der Waals surface area contributed by atoms with Crippen LogP contribution in [-0.2, 0) is 6.42 Å². The summed E-state index contributed by atoms with van der Waals surface area (Å²) >= 11 is 1.75. The summed E-state index contributed by atoms with van der Waals surface area (Å²) in [6, 6.07) is 12.6. The lowest BCUT2D eigenvalue weighted by Gasteiger charge is -2.23. The summed E-state index contributed by atoms with van der Waals surface area (Å²) in [5.74, 6) is 0.0130. The van der Waals surface area contributed by atoms with E-state index >= 15 is 0 Å². The molecular weight excluding hydrogens is 404 g/mol. The minimum atomic E-state index is 0.0130. The van der Waals surface area contributed by atoms with Crippen LogP contribution >= 0.6 is 11.3 Å². The van der Waals surface area contributed by atoms with Crippen molar-refractivity contribution in [2.75, 3.05) is 4.90 Å².